The molecule has 0 heterocycles. The summed E-state index contributed by atoms with van der Waals surface area (Å²) in [5.74, 6) is 0.551. The summed E-state index contributed by atoms with van der Waals surface area (Å²) in [4.78, 5) is 21.4. The van der Waals surface area contributed by atoms with Gasteiger partial charge in [-0.2, -0.15) is 0 Å². The first kappa shape index (κ1) is 17.5. The van der Waals surface area contributed by atoms with Crippen LogP contribution in [0, 0.1) is 0 Å². The van der Waals surface area contributed by atoms with E-state index in [1.165, 1.54) is 14.2 Å². The number of rotatable bonds is 4. The second kappa shape index (κ2) is 8.69. The molecule has 2 aromatic rings. The summed E-state index contributed by atoms with van der Waals surface area (Å²) in [5.41, 5.74) is 5.88. The minimum atomic E-state index is -0.498. The number of methoxy groups -OCH3 is 2. The summed E-state index contributed by atoms with van der Waals surface area (Å²) in [6, 6.07) is 13.7. The van der Waals surface area contributed by atoms with Crippen molar-refractivity contribution in [1.82, 2.24) is 0 Å². The molecule has 0 atom stereocenters. The maximum Gasteiger partial charge on any atom is 0.256 e. The first-order chi connectivity index (χ1) is 10.5. The second-order valence-electron chi connectivity index (χ2n) is 4.04. The van der Waals surface area contributed by atoms with Gasteiger partial charge >= 0.3 is 0 Å². The fourth-order valence-corrected chi connectivity index (χ4v) is 1.81. The smallest absolute Gasteiger partial charge is 0.256 e. The Labute approximate surface area is 133 Å². The molecule has 0 bridgehead atoms. The van der Waals surface area contributed by atoms with Gasteiger partial charge in [-0.15, -0.1) is 0 Å². The van der Waals surface area contributed by atoms with Gasteiger partial charge < -0.3 is 15.2 Å². The summed E-state index contributed by atoms with van der Waals surface area (Å²) >= 11 is 5.27. The van der Waals surface area contributed by atoms with Crippen molar-refractivity contribution in [3.05, 3.63) is 59.7 Å². The number of benzene rings is 2. The predicted octanol–water partition coefficient (Wildman–Crippen LogP) is 2.87. The quantitative estimate of drug-likeness (QED) is 0.878. The summed E-state index contributed by atoms with van der Waals surface area (Å²) in [6.07, 6.45) is 0. The molecule has 0 aliphatic carbocycles. The minimum absolute atomic E-state index is 0.400. The number of ether oxygens (including phenoxy) is 2. The standard InChI is InChI=1S/C8H7ClO2.C8H9NO2/c2*1-11-7-5-3-2-4-6(7)8(9)10/h2-5H,1H3;2-5H,1H3,(H2,9,10). The van der Waals surface area contributed by atoms with Gasteiger partial charge in [0.1, 0.15) is 11.5 Å². The maximum absolute atomic E-state index is 10.7. The van der Waals surface area contributed by atoms with Gasteiger partial charge in [0.05, 0.1) is 25.3 Å². The fraction of sp³-hybridized carbons (Fsp3) is 0.125. The molecule has 2 rings (SSSR count). The van der Waals surface area contributed by atoms with Crippen molar-refractivity contribution in [1.29, 1.82) is 0 Å². The molecule has 22 heavy (non-hydrogen) atoms. The molecule has 0 saturated heterocycles. The van der Waals surface area contributed by atoms with Crippen LogP contribution in [0.25, 0.3) is 0 Å². The van der Waals surface area contributed by atoms with Gasteiger partial charge in [-0.3, -0.25) is 9.59 Å². The van der Waals surface area contributed by atoms with E-state index < -0.39 is 11.1 Å². The molecule has 1 amide bonds. The summed E-state index contributed by atoms with van der Waals surface area (Å²) in [5, 5.41) is -0.498. The van der Waals surface area contributed by atoms with E-state index in [4.69, 9.17) is 26.8 Å². The maximum atomic E-state index is 10.7. The molecule has 5 nitrogen and oxygen atoms in total. The van der Waals surface area contributed by atoms with Gasteiger partial charge in [-0.05, 0) is 35.9 Å². The van der Waals surface area contributed by atoms with Crippen molar-refractivity contribution in [2.24, 2.45) is 5.73 Å². The Morgan fingerprint density at radius 1 is 0.864 bits per heavy atom. The van der Waals surface area contributed by atoms with Crippen LogP contribution in [-0.2, 0) is 0 Å². The zero-order chi connectivity index (χ0) is 16.5. The molecule has 0 fully saturated rings. The van der Waals surface area contributed by atoms with Crippen LogP contribution in [0.1, 0.15) is 20.7 Å². The first-order valence-corrected chi connectivity index (χ1v) is 6.64. The van der Waals surface area contributed by atoms with Gasteiger partial charge in [0, 0.05) is 0 Å². The van der Waals surface area contributed by atoms with Crippen LogP contribution in [0.2, 0.25) is 0 Å². The molecule has 2 aromatic carbocycles. The van der Waals surface area contributed by atoms with Crippen LogP contribution < -0.4 is 15.2 Å². The second-order valence-corrected chi connectivity index (χ2v) is 4.38. The van der Waals surface area contributed by atoms with Crippen LogP contribution in [0.4, 0.5) is 0 Å². The highest BCUT2D eigenvalue weighted by Crippen LogP contribution is 2.18. The number of hydrogen-bond donors (Lipinski definition) is 1. The van der Waals surface area contributed by atoms with E-state index in [1.807, 2.05) is 0 Å². The molecule has 0 saturated carbocycles. The topological polar surface area (TPSA) is 78.6 Å². The summed E-state index contributed by atoms with van der Waals surface area (Å²) in [7, 11) is 3.00. The van der Waals surface area contributed by atoms with Crippen molar-refractivity contribution < 1.29 is 19.1 Å². The Morgan fingerprint density at radius 2 is 1.27 bits per heavy atom. The van der Waals surface area contributed by atoms with Gasteiger partial charge in [-0.25, -0.2) is 0 Å². The number of nitrogens with two attached hydrogens (primary N) is 1. The van der Waals surface area contributed by atoms with E-state index in [9.17, 15) is 9.59 Å². The lowest BCUT2D eigenvalue weighted by molar-refractivity contribution is 0.0996. The molecule has 116 valence electrons. The molecule has 0 spiro atoms. The molecule has 2 N–H and O–H groups in total. The largest absolute Gasteiger partial charge is 0.496 e. The number of primary amides is 1. The van der Waals surface area contributed by atoms with E-state index in [1.54, 1.807) is 48.5 Å². The summed E-state index contributed by atoms with van der Waals surface area (Å²) < 4.78 is 9.81. The minimum Gasteiger partial charge on any atom is -0.496 e. The van der Waals surface area contributed by atoms with Crippen molar-refractivity contribution in [2.75, 3.05) is 14.2 Å². The molecule has 0 aromatic heterocycles. The number of hydrogen-bond acceptors (Lipinski definition) is 4. The van der Waals surface area contributed by atoms with Crippen molar-refractivity contribution in [3.63, 3.8) is 0 Å². The number of carbonyl (C=O) groups excluding carboxylic acids is 2. The lowest BCUT2D eigenvalue weighted by atomic mass is 10.2. The van der Waals surface area contributed by atoms with Gasteiger partial charge in [0.2, 0.25) is 0 Å². The number of halogens is 1. The number of amides is 1. The van der Waals surface area contributed by atoms with Crippen molar-refractivity contribution >= 4 is 22.8 Å². The molecular formula is C16H16ClNO4. The van der Waals surface area contributed by atoms with Crippen LogP contribution in [-0.4, -0.2) is 25.4 Å². The van der Waals surface area contributed by atoms with E-state index >= 15 is 0 Å². The molecular weight excluding hydrogens is 306 g/mol. The number of para-hydroxylation sites is 2. The monoisotopic (exact) mass is 321 g/mol. The Morgan fingerprint density at radius 3 is 1.59 bits per heavy atom. The number of carbonyl (C=O) groups is 2. The lowest BCUT2D eigenvalue weighted by Gasteiger charge is -2.02. The normalized spacial score (nSPS) is 9.23. The highest BCUT2D eigenvalue weighted by atomic mass is 35.5. The van der Waals surface area contributed by atoms with Crippen LogP contribution in [0.3, 0.4) is 0 Å². The van der Waals surface area contributed by atoms with Crippen LogP contribution >= 0.6 is 11.6 Å². The van der Waals surface area contributed by atoms with Gasteiger partial charge in [0.25, 0.3) is 11.1 Å². The van der Waals surface area contributed by atoms with Gasteiger partial charge in [0.15, 0.2) is 0 Å². The van der Waals surface area contributed by atoms with E-state index in [2.05, 4.69) is 0 Å². The van der Waals surface area contributed by atoms with Crippen LogP contribution in [0.5, 0.6) is 11.5 Å². The zero-order valence-electron chi connectivity index (χ0n) is 12.2. The van der Waals surface area contributed by atoms with E-state index in [-0.39, 0.29) is 0 Å². The van der Waals surface area contributed by atoms with Crippen LogP contribution in [0.15, 0.2) is 48.5 Å². The third kappa shape index (κ3) is 4.79. The Hall–Kier alpha value is -2.53. The Bertz CT molecular complexity index is 601. The van der Waals surface area contributed by atoms with Crippen molar-refractivity contribution in [3.8, 4) is 11.5 Å². The average molecular weight is 322 g/mol. The molecule has 0 aliphatic rings. The SMILES string of the molecule is COc1ccccc1C(=O)Cl.COc1ccccc1C(N)=O. The fourth-order valence-electron chi connectivity index (χ4n) is 1.66. The van der Waals surface area contributed by atoms with Crippen molar-refractivity contribution in [2.45, 2.75) is 0 Å². The summed E-state index contributed by atoms with van der Waals surface area (Å²) in [6.45, 7) is 0. The Kier molecular flexibility index (Phi) is 6.92. The first-order valence-electron chi connectivity index (χ1n) is 6.27. The zero-order valence-corrected chi connectivity index (χ0v) is 13.0. The third-order valence-electron chi connectivity index (χ3n) is 2.69. The highest BCUT2D eigenvalue weighted by molar-refractivity contribution is 6.68. The van der Waals surface area contributed by atoms with Gasteiger partial charge in [-0.1, -0.05) is 24.3 Å². The third-order valence-corrected chi connectivity index (χ3v) is 2.89. The molecule has 6 heteroatoms. The Balaban J connectivity index is 0.000000220. The highest BCUT2D eigenvalue weighted by Gasteiger charge is 2.07. The average Bonchev–Trinajstić information content (AvgIpc) is 2.55. The molecule has 0 radical (unpaired) electrons. The lowest BCUT2D eigenvalue weighted by Crippen LogP contribution is -2.11. The van der Waals surface area contributed by atoms with E-state index in [0.29, 0.717) is 22.6 Å². The molecule has 0 aliphatic heterocycles. The predicted molar refractivity (Wildman–Crippen MR) is 84.7 cm³/mol. The van der Waals surface area contributed by atoms with E-state index in [0.717, 1.165) is 0 Å². The molecule has 0 unspecified atom stereocenters.